The SMILES string of the molecule is N#Cc1ccc(-n2c3ccccc3c3cc(C#N)ccc32)c(-c2ccc(-c3ccc(C#N)c(-n4c5ccccc5c5ccccc54)c3)cc2)c1. The number of nitriles is 3. The van der Waals surface area contributed by atoms with Gasteiger partial charge in [-0.25, -0.2) is 0 Å². The number of para-hydroxylation sites is 3. The summed E-state index contributed by atoms with van der Waals surface area (Å²) >= 11 is 0. The summed E-state index contributed by atoms with van der Waals surface area (Å²) in [7, 11) is 0. The van der Waals surface area contributed by atoms with E-state index in [0.29, 0.717) is 16.7 Å². The first-order valence-corrected chi connectivity index (χ1v) is 16.3. The van der Waals surface area contributed by atoms with Crippen molar-refractivity contribution in [2.24, 2.45) is 0 Å². The maximum atomic E-state index is 10.2. The molecule has 0 bridgehead atoms. The van der Waals surface area contributed by atoms with Crippen LogP contribution in [0.25, 0.3) is 77.2 Å². The van der Waals surface area contributed by atoms with Crippen molar-refractivity contribution in [3.05, 3.63) is 168 Å². The highest BCUT2D eigenvalue weighted by Gasteiger charge is 2.18. The van der Waals surface area contributed by atoms with E-state index in [1.54, 1.807) is 0 Å². The summed E-state index contributed by atoms with van der Waals surface area (Å²) in [5, 5.41) is 34.1. The van der Waals surface area contributed by atoms with Crippen molar-refractivity contribution in [1.82, 2.24) is 9.13 Å². The van der Waals surface area contributed by atoms with E-state index in [2.05, 4.69) is 94.1 Å². The molecule has 50 heavy (non-hydrogen) atoms. The van der Waals surface area contributed by atoms with Crippen molar-refractivity contribution in [3.63, 3.8) is 0 Å². The van der Waals surface area contributed by atoms with E-state index in [1.165, 1.54) is 0 Å². The second kappa shape index (κ2) is 11.4. The Morgan fingerprint density at radius 3 is 1.48 bits per heavy atom. The smallest absolute Gasteiger partial charge is 0.101 e. The van der Waals surface area contributed by atoms with Gasteiger partial charge in [0.2, 0.25) is 0 Å². The second-order valence-electron chi connectivity index (χ2n) is 12.3. The molecular formula is C45H25N5. The van der Waals surface area contributed by atoms with Gasteiger partial charge in [-0.3, -0.25) is 0 Å². The van der Waals surface area contributed by atoms with E-state index in [0.717, 1.165) is 77.2 Å². The van der Waals surface area contributed by atoms with Crippen LogP contribution in [0.3, 0.4) is 0 Å². The average Bonchev–Trinajstić information content (AvgIpc) is 3.70. The summed E-state index contributed by atoms with van der Waals surface area (Å²) in [5.41, 5.74) is 11.6. The van der Waals surface area contributed by atoms with E-state index >= 15 is 0 Å². The Hall–Kier alpha value is -7.39. The Kier molecular flexibility index (Phi) is 6.56. The zero-order valence-corrected chi connectivity index (χ0v) is 26.7. The van der Waals surface area contributed by atoms with Crippen molar-refractivity contribution < 1.29 is 0 Å². The van der Waals surface area contributed by atoms with Gasteiger partial charge in [-0.1, -0.05) is 84.9 Å². The van der Waals surface area contributed by atoms with Gasteiger partial charge in [0.1, 0.15) is 6.07 Å². The van der Waals surface area contributed by atoms with Crippen molar-refractivity contribution >= 4 is 43.6 Å². The van der Waals surface area contributed by atoms with Gasteiger partial charge in [0.15, 0.2) is 0 Å². The Labute approximate surface area is 287 Å². The number of hydrogen-bond donors (Lipinski definition) is 0. The summed E-state index contributed by atoms with van der Waals surface area (Å²) in [5.74, 6) is 0. The Balaban J connectivity index is 1.19. The predicted molar refractivity (Wildman–Crippen MR) is 200 cm³/mol. The summed E-state index contributed by atoms with van der Waals surface area (Å²) < 4.78 is 4.40. The summed E-state index contributed by atoms with van der Waals surface area (Å²) in [6, 6.07) is 57.8. The molecule has 9 aromatic rings. The first-order chi connectivity index (χ1) is 24.7. The average molecular weight is 636 g/mol. The molecule has 7 aromatic carbocycles. The van der Waals surface area contributed by atoms with E-state index in [-0.39, 0.29) is 0 Å². The number of aromatic nitrogens is 2. The fourth-order valence-electron chi connectivity index (χ4n) is 7.35. The minimum absolute atomic E-state index is 0.572. The van der Waals surface area contributed by atoms with Crippen LogP contribution in [0.2, 0.25) is 0 Å². The Morgan fingerprint density at radius 1 is 0.360 bits per heavy atom. The fourth-order valence-corrected chi connectivity index (χ4v) is 7.35. The van der Waals surface area contributed by atoms with Crippen LogP contribution in [0.15, 0.2) is 152 Å². The molecule has 5 nitrogen and oxygen atoms in total. The number of fused-ring (bicyclic) bond motifs is 6. The lowest BCUT2D eigenvalue weighted by atomic mass is 9.97. The standard InChI is InChI=1S/C45H25N5/c46-26-29-13-21-43(49-42-12-6-3-9-37(42)39-24-30(27-47)14-22-44(39)49)38(23-29)32-17-15-31(16-18-32)33-19-20-34(28-48)45(25-33)50-40-10-4-1-7-35(40)36-8-2-5-11-41(36)50/h1-25H. The van der Waals surface area contributed by atoms with Crippen LogP contribution in [0, 0.1) is 34.0 Å². The largest absolute Gasteiger partial charge is 0.309 e. The third-order valence-electron chi connectivity index (χ3n) is 9.64. The molecule has 0 aliphatic heterocycles. The second-order valence-corrected chi connectivity index (χ2v) is 12.3. The van der Waals surface area contributed by atoms with Crippen LogP contribution in [0.5, 0.6) is 0 Å². The molecule has 0 aliphatic rings. The molecular weight excluding hydrogens is 611 g/mol. The topological polar surface area (TPSA) is 81.2 Å². The summed E-state index contributed by atoms with van der Waals surface area (Å²) in [6.45, 7) is 0. The summed E-state index contributed by atoms with van der Waals surface area (Å²) in [4.78, 5) is 0. The van der Waals surface area contributed by atoms with Crippen LogP contribution in [0.1, 0.15) is 16.7 Å². The van der Waals surface area contributed by atoms with Crippen LogP contribution in [-0.4, -0.2) is 9.13 Å². The first kappa shape index (κ1) is 28.8. The van der Waals surface area contributed by atoms with Crippen LogP contribution < -0.4 is 0 Å². The molecule has 0 fully saturated rings. The number of hydrogen-bond acceptors (Lipinski definition) is 3. The van der Waals surface area contributed by atoms with E-state index < -0.39 is 0 Å². The molecule has 2 aromatic heterocycles. The lowest BCUT2D eigenvalue weighted by Gasteiger charge is -2.15. The van der Waals surface area contributed by atoms with Crippen molar-refractivity contribution in [3.8, 4) is 51.8 Å². The molecule has 0 saturated heterocycles. The van der Waals surface area contributed by atoms with Gasteiger partial charge >= 0.3 is 0 Å². The molecule has 0 N–H and O–H groups in total. The van der Waals surface area contributed by atoms with Gasteiger partial charge in [-0.2, -0.15) is 15.8 Å². The minimum Gasteiger partial charge on any atom is -0.309 e. The number of rotatable bonds is 4. The van der Waals surface area contributed by atoms with E-state index in [4.69, 9.17) is 0 Å². The Bertz CT molecular complexity index is 2900. The van der Waals surface area contributed by atoms with Gasteiger partial charge in [0.05, 0.1) is 62.3 Å². The summed E-state index contributed by atoms with van der Waals surface area (Å²) in [6.07, 6.45) is 0. The van der Waals surface area contributed by atoms with Gasteiger partial charge < -0.3 is 9.13 Å². The molecule has 9 rings (SSSR count). The highest BCUT2D eigenvalue weighted by molar-refractivity contribution is 6.11. The van der Waals surface area contributed by atoms with Gasteiger partial charge in [0, 0.05) is 27.1 Å². The molecule has 0 saturated carbocycles. The lowest BCUT2D eigenvalue weighted by molar-refractivity contribution is 1.17. The molecule has 0 radical (unpaired) electrons. The molecule has 0 unspecified atom stereocenters. The maximum Gasteiger partial charge on any atom is 0.101 e. The molecule has 0 amide bonds. The van der Waals surface area contributed by atoms with Crippen LogP contribution in [-0.2, 0) is 0 Å². The van der Waals surface area contributed by atoms with E-state index in [9.17, 15) is 15.8 Å². The molecule has 0 spiro atoms. The van der Waals surface area contributed by atoms with Crippen molar-refractivity contribution in [2.75, 3.05) is 0 Å². The highest BCUT2D eigenvalue weighted by atomic mass is 15.0. The quantitative estimate of drug-likeness (QED) is 0.193. The van der Waals surface area contributed by atoms with Gasteiger partial charge in [-0.15, -0.1) is 0 Å². The zero-order chi connectivity index (χ0) is 33.8. The molecule has 0 aliphatic carbocycles. The third kappa shape index (κ3) is 4.38. The lowest BCUT2D eigenvalue weighted by Crippen LogP contribution is -1.99. The predicted octanol–water partition coefficient (Wildman–Crippen LogP) is 10.8. The molecule has 2 heterocycles. The maximum absolute atomic E-state index is 10.2. The normalized spacial score (nSPS) is 11.1. The number of nitrogens with zero attached hydrogens (tertiary/aromatic N) is 5. The molecule has 5 heteroatoms. The van der Waals surface area contributed by atoms with Crippen LogP contribution in [0.4, 0.5) is 0 Å². The van der Waals surface area contributed by atoms with Crippen LogP contribution >= 0.6 is 0 Å². The van der Waals surface area contributed by atoms with Crippen molar-refractivity contribution in [2.45, 2.75) is 0 Å². The highest BCUT2D eigenvalue weighted by Crippen LogP contribution is 2.39. The molecule has 230 valence electrons. The van der Waals surface area contributed by atoms with Gasteiger partial charge in [-0.05, 0) is 83.4 Å². The third-order valence-corrected chi connectivity index (χ3v) is 9.64. The monoisotopic (exact) mass is 635 g/mol. The van der Waals surface area contributed by atoms with Gasteiger partial charge in [0.25, 0.3) is 0 Å². The van der Waals surface area contributed by atoms with E-state index in [1.807, 2.05) is 84.9 Å². The minimum atomic E-state index is 0.572. The Morgan fingerprint density at radius 2 is 0.860 bits per heavy atom. The molecule has 0 atom stereocenters. The fraction of sp³-hybridized carbons (Fsp3) is 0. The number of benzene rings is 7. The van der Waals surface area contributed by atoms with Crippen molar-refractivity contribution in [1.29, 1.82) is 15.8 Å². The first-order valence-electron chi connectivity index (χ1n) is 16.3. The zero-order valence-electron chi connectivity index (χ0n) is 26.7.